The van der Waals surface area contributed by atoms with E-state index in [1.54, 1.807) is 0 Å². The van der Waals surface area contributed by atoms with Gasteiger partial charge in [-0.2, -0.15) is 0 Å². The quantitative estimate of drug-likeness (QED) is 0.829. The normalized spacial score (nSPS) is 22.9. The zero-order valence-electron chi connectivity index (χ0n) is 10.3. The van der Waals surface area contributed by atoms with Gasteiger partial charge in [-0.1, -0.05) is 18.2 Å². The largest absolute Gasteiger partial charge is 0.465 e. The second kappa shape index (κ2) is 4.61. The molecule has 0 radical (unpaired) electrons. The molecule has 2 aliphatic rings. The Hall–Kier alpha value is -1.55. The van der Waals surface area contributed by atoms with Crippen molar-refractivity contribution >= 4 is 6.09 Å². The average molecular weight is 247 g/mol. The van der Waals surface area contributed by atoms with Crippen LogP contribution in [-0.4, -0.2) is 29.3 Å². The van der Waals surface area contributed by atoms with E-state index in [-0.39, 0.29) is 0 Å². The number of amides is 1. The highest BCUT2D eigenvalue weighted by Gasteiger charge is 2.24. The molecule has 1 aromatic rings. The van der Waals surface area contributed by atoms with E-state index in [0.29, 0.717) is 19.0 Å². The van der Waals surface area contributed by atoms with Crippen LogP contribution in [-0.2, 0) is 17.8 Å². The first-order chi connectivity index (χ1) is 8.74. The molecule has 1 atom stereocenters. The average Bonchev–Trinajstić information content (AvgIpc) is 2.82. The Balaban J connectivity index is 1.80. The second-order valence-electron chi connectivity index (χ2n) is 5.08. The highest BCUT2D eigenvalue weighted by molar-refractivity contribution is 5.66. The number of benzene rings is 1. The van der Waals surface area contributed by atoms with Gasteiger partial charge in [-0.15, -0.1) is 0 Å². The molecule has 1 unspecified atom stereocenters. The minimum atomic E-state index is -0.839. The van der Waals surface area contributed by atoms with Gasteiger partial charge in [0.05, 0.1) is 6.61 Å². The SMILES string of the molecule is O=C(O)N1Cc2ccc(C3CCCOC3)cc2C1. The lowest BCUT2D eigenvalue weighted by Gasteiger charge is -2.22. The number of carboxylic acid groups (broad SMARTS) is 1. The first kappa shape index (κ1) is 11.5. The molecule has 0 bridgehead atoms. The molecule has 18 heavy (non-hydrogen) atoms. The summed E-state index contributed by atoms with van der Waals surface area (Å²) < 4.78 is 5.51. The summed E-state index contributed by atoms with van der Waals surface area (Å²) in [6, 6.07) is 6.36. The van der Waals surface area contributed by atoms with Gasteiger partial charge in [0.15, 0.2) is 0 Å². The van der Waals surface area contributed by atoms with E-state index in [9.17, 15) is 4.79 Å². The molecule has 1 fully saturated rings. The maximum atomic E-state index is 11.0. The molecule has 2 aliphatic heterocycles. The number of hydrogen-bond donors (Lipinski definition) is 1. The third-order valence-electron chi connectivity index (χ3n) is 3.85. The van der Waals surface area contributed by atoms with E-state index in [2.05, 4.69) is 18.2 Å². The van der Waals surface area contributed by atoms with Crippen molar-refractivity contribution in [2.75, 3.05) is 13.2 Å². The summed E-state index contributed by atoms with van der Waals surface area (Å²) in [5.74, 6) is 0.475. The van der Waals surface area contributed by atoms with Crippen molar-refractivity contribution in [1.29, 1.82) is 0 Å². The van der Waals surface area contributed by atoms with Crippen molar-refractivity contribution < 1.29 is 14.6 Å². The second-order valence-corrected chi connectivity index (χ2v) is 5.08. The number of carbonyl (C=O) groups is 1. The molecule has 3 rings (SSSR count). The fourth-order valence-corrected chi connectivity index (χ4v) is 2.81. The molecule has 0 aromatic heterocycles. The van der Waals surface area contributed by atoms with Crippen molar-refractivity contribution in [3.8, 4) is 0 Å². The van der Waals surface area contributed by atoms with Crippen LogP contribution in [0.1, 0.15) is 35.4 Å². The minimum Gasteiger partial charge on any atom is -0.465 e. The Labute approximate surface area is 106 Å². The van der Waals surface area contributed by atoms with Crippen LogP contribution in [0, 0.1) is 0 Å². The van der Waals surface area contributed by atoms with Gasteiger partial charge >= 0.3 is 6.09 Å². The van der Waals surface area contributed by atoms with Gasteiger partial charge < -0.3 is 9.84 Å². The van der Waals surface area contributed by atoms with Crippen LogP contribution in [0.2, 0.25) is 0 Å². The van der Waals surface area contributed by atoms with Crippen LogP contribution < -0.4 is 0 Å². The lowest BCUT2D eigenvalue weighted by Crippen LogP contribution is -2.22. The van der Waals surface area contributed by atoms with Gasteiger partial charge in [0, 0.05) is 25.6 Å². The first-order valence-corrected chi connectivity index (χ1v) is 6.41. The minimum absolute atomic E-state index is 0.475. The van der Waals surface area contributed by atoms with Gasteiger partial charge in [0.2, 0.25) is 0 Å². The Bertz CT molecular complexity index is 466. The van der Waals surface area contributed by atoms with Gasteiger partial charge in [0.1, 0.15) is 0 Å². The molecular weight excluding hydrogens is 230 g/mol. The van der Waals surface area contributed by atoms with Crippen LogP contribution in [0.3, 0.4) is 0 Å². The molecule has 1 N–H and O–H groups in total. The highest BCUT2D eigenvalue weighted by atomic mass is 16.5. The lowest BCUT2D eigenvalue weighted by molar-refractivity contribution is 0.0804. The Morgan fingerprint density at radius 2 is 2.17 bits per heavy atom. The number of hydrogen-bond acceptors (Lipinski definition) is 2. The molecule has 0 saturated carbocycles. The summed E-state index contributed by atoms with van der Waals surface area (Å²) in [7, 11) is 0. The van der Waals surface area contributed by atoms with Crippen LogP contribution >= 0.6 is 0 Å². The third-order valence-corrected chi connectivity index (χ3v) is 3.85. The monoisotopic (exact) mass is 247 g/mol. The molecule has 4 heteroatoms. The number of fused-ring (bicyclic) bond motifs is 1. The molecular formula is C14H17NO3. The molecule has 1 amide bonds. The summed E-state index contributed by atoms with van der Waals surface area (Å²) in [6.45, 7) is 2.70. The lowest BCUT2D eigenvalue weighted by atomic mass is 9.91. The van der Waals surface area contributed by atoms with E-state index in [4.69, 9.17) is 9.84 Å². The topological polar surface area (TPSA) is 49.8 Å². The van der Waals surface area contributed by atoms with Crippen LogP contribution in [0.4, 0.5) is 4.79 Å². The van der Waals surface area contributed by atoms with E-state index in [1.807, 2.05) is 0 Å². The molecule has 1 aromatic carbocycles. The summed E-state index contributed by atoms with van der Waals surface area (Å²) in [5, 5.41) is 9.01. The van der Waals surface area contributed by atoms with Crippen LogP contribution in [0.25, 0.3) is 0 Å². The van der Waals surface area contributed by atoms with Crippen LogP contribution in [0.5, 0.6) is 0 Å². The smallest absolute Gasteiger partial charge is 0.407 e. The summed E-state index contributed by atoms with van der Waals surface area (Å²) in [6.07, 6.45) is 1.44. The van der Waals surface area contributed by atoms with E-state index < -0.39 is 6.09 Å². The third kappa shape index (κ3) is 2.08. The van der Waals surface area contributed by atoms with Crippen molar-refractivity contribution in [2.45, 2.75) is 31.8 Å². The maximum absolute atomic E-state index is 11.0. The number of rotatable bonds is 1. The van der Waals surface area contributed by atoms with Gasteiger partial charge in [0.25, 0.3) is 0 Å². The Morgan fingerprint density at radius 3 is 2.89 bits per heavy atom. The van der Waals surface area contributed by atoms with E-state index in [1.165, 1.54) is 16.9 Å². The number of ether oxygens (including phenoxy) is 1. The molecule has 2 heterocycles. The molecule has 0 spiro atoms. The predicted octanol–water partition coefficient (Wildman–Crippen LogP) is 2.57. The van der Waals surface area contributed by atoms with Crippen molar-refractivity contribution in [1.82, 2.24) is 4.90 Å². The van der Waals surface area contributed by atoms with Gasteiger partial charge in [-0.05, 0) is 29.5 Å². The molecule has 1 saturated heterocycles. The predicted molar refractivity (Wildman–Crippen MR) is 66.5 cm³/mol. The summed E-state index contributed by atoms with van der Waals surface area (Å²) >= 11 is 0. The maximum Gasteiger partial charge on any atom is 0.407 e. The van der Waals surface area contributed by atoms with E-state index >= 15 is 0 Å². The van der Waals surface area contributed by atoms with Crippen LogP contribution in [0.15, 0.2) is 18.2 Å². The zero-order valence-corrected chi connectivity index (χ0v) is 10.3. The van der Waals surface area contributed by atoms with Crippen molar-refractivity contribution in [2.24, 2.45) is 0 Å². The Kier molecular flexibility index (Phi) is 2.96. The highest BCUT2D eigenvalue weighted by Crippen LogP contribution is 2.30. The fourth-order valence-electron chi connectivity index (χ4n) is 2.81. The molecule has 96 valence electrons. The Morgan fingerprint density at radius 1 is 1.33 bits per heavy atom. The molecule has 4 nitrogen and oxygen atoms in total. The van der Waals surface area contributed by atoms with Gasteiger partial charge in [-0.25, -0.2) is 4.79 Å². The standard InChI is InChI=1S/C14H17NO3/c16-14(17)15-7-11-4-3-10(6-13(11)8-15)12-2-1-5-18-9-12/h3-4,6,12H,1-2,5,7-9H2,(H,16,17). The fraction of sp³-hybridized carbons (Fsp3) is 0.500. The summed E-state index contributed by atoms with van der Waals surface area (Å²) in [5.41, 5.74) is 3.58. The first-order valence-electron chi connectivity index (χ1n) is 6.41. The number of nitrogens with zero attached hydrogens (tertiary/aromatic N) is 1. The van der Waals surface area contributed by atoms with Crippen molar-refractivity contribution in [3.63, 3.8) is 0 Å². The van der Waals surface area contributed by atoms with Crippen molar-refractivity contribution in [3.05, 3.63) is 34.9 Å². The van der Waals surface area contributed by atoms with E-state index in [0.717, 1.165) is 30.8 Å². The summed E-state index contributed by atoms with van der Waals surface area (Å²) in [4.78, 5) is 12.4. The zero-order chi connectivity index (χ0) is 12.5. The molecule has 0 aliphatic carbocycles. The van der Waals surface area contributed by atoms with Gasteiger partial charge in [-0.3, -0.25) is 4.90 Å².